The van der Waals surface area contributed by atoms with Crippen molar-refractivity contribution in [1.82, 2.24) is 0 Å². The molecule has 23 heavy (non-hydrogen) atoms. The standard InChI is InChI=1S/C20H25NO2/c1-15-7-3-6-10-18(15)21-14-16-11-12-19(20(13-16)22-2)23-17-8-4-5-9-17/h3,6-7,10-13,17,21H,4-5,8-9,14H2,1-2H3. The summed E-state index contributed by atoms with van der Waals surface area (Å²) >= 11 is 0. The highest BCUT2D eigenvalue weighted by molar-refractivity contribution is 5.51. The minimum absolute atomic E-state index is 0.347. The van der Waals surface area contributed by atoms with E-state index in [9.17, 15) is 0 Å². The fraction of sp³-hybridized carbons (Fsp3) is 0.400. The molecule has 0 heterocycles. The summed E-state index contributed by atoms with van der Waals surface area (Å²) in [6, 6.07) is 14.5. The summed E-state index contributed by atoms with van der Waals surface area (Å²) in [6.07, 6.45) is 5.19. The molecule has 1 fully saturated rings. The van der Waals surface area contributed by atoms with Gasteiger partial charge in [0.25, 0.3) is 0 Å². The lowest BCUT2D eigenvalue weighted by molar-refractivity contribution is 0.200. The topological polar surface area (TPSA) is 30.5 Å². The Morgan fingerprint density at radius 2 is 1.83 bits per heavy atom. The number of para-hydroxylation sites is 1. The zero-order chi connectivity index (χ0) is 16.1. The first kappa shape index (κ1) is 15.7. The molecule has 0 saturated heterocycles. The monoisotopic (exact) mass is 311 g/mol. The van der Waals surface area contributed by atoms with Crippen LogP contribution in [-0.2, 0) is 6.54 Å². The molecule has 0 aliphatic heterocycles. The molecular formula is C20H25NO2. The van der Waals surface area contributed by atoms with E-state index < -0.39 is 0 Å². The SMILES string of the molecule is COc1cc(CNc2ccccc2C)ccc1OC1CCCC1. The van der Waals surface area contributed by atoms with E-state index in [2.05, 4.69) is 48.6 Å². The van der Waals surface area contributed by atoms with Gasteiger partial charge in [-0.3, -0.25) is 0 Å². The first-order valence-electron chi connectivity index (χ1n) is 8.39. The Balaban J connectivity index is 1.67. The van der Waals surface area contributed by atoms with Crippen molar-refractivity contribution in [2.75, 3.05) is 12.4 Å². The zero-order valence-corrected chi connectivity index (χ0v) is 14.0. The lowest BCUT2D eigenvalue weighted by atomic mass is 10.1. The number of anilines is 1. The third kappa shape index (κ3) is 3.98. The molecule has 1 aliphatic rings. The maximum Gasteiger partial charge on any atom is 0.161 e. The van der Waals surface area contributed by atoms with Crippen molar-refractivity contribution < 1.29 is 9.47 Å². The molecule has 0 unspecified atom stereocenters. The van der Waals surface area contributed by atoms with Gasteiger partial charge in [0.1, 0.15) is 0 Å². The Bertz CT molecular complexity index is 648. The number of benzene rings is 2. The fourth-order valence-electron chi connectivity index (χ4n) is 3.07. The van der Waals surface area contributed by atoms with Crippen LogP contribution in [0, 0.1) is 6.92 Å². The summed E-state index contributed by atoms with van der Waals surface area (Å²) in [6.45, 7) is 2.88. The number of aryl methyl sites for hydroxylation is 1. The number of ether oxygens (including phenoxy) is 2. The molecule has 3 heteroatoms. The van der Waals surface area contributed by atoms with Crippen molar-refractivity contribution in [3.05, 3.63) is 53.6 Å². The lowest BCUT2D eigenvalue weighted by Gasteiger charge is -2.17. The molecule has 0 aromatic heterocycles. The van der Waals surface area contributed by atoms with E-state index in [1.54, 1.807) is 7.11 Å². The minimum atomic E-state index is 0.347. The summed E-state index contributed by atoms with van der Waals surface area (Å²) in [5.74, 6) is 1.68. The van der Waals surface area contributed by atoms with Gasteiger partial charge < -0.3 is 14.8 Å². The van der Waals surface area contributed by atoms with Crippen LogP contribution in [0.25, 0.3) is 0 Å². The second-order valence-electron chi connectivity index (χ2n) is 6.18. The highest BCUT2D eigenvalue weighted by atomic mass is 16.5. The maximum absolute atomic E-state index is 6.09. The fourth-order valence-corrected chi connectivity index (χ4v) is 3.07. The number of hydrogen-bond donors (Lipinski definition) is 1. The van der Waals surface area contributed by atoms with E-state index in [0.29, 0.717) is 6.10 Å². The van der Waals surface area contributed by atoms with Gasteiger partial charge in [0.2, 0.25) is 0 Å². The van der Waals surface area contributed by atoms with Crippen molar-refractivity contribution in [2.45, 2.75) is 45.3 Å². The van der Waals surface area contributed by atoms with Crippen molar-refractivity contribution in [1.29, 1.82) is 0 Å². The van der Waals surface area contributed by atoms with Crippen molar-refractivity contribution in [3.63, 3.8) is 0 Å². The molecular weight excluding hydrogens is 286 g/mol. The van der Waals surface area contributed by atoms with Gasteiger partial charge in [0.15, 0.2) is 11.5 Å². The molecule has 3 nitrogen and oxygen atoms in total. The molecule has 2 aromatic carbocycles. The van der Waals surface area contributed by atoms with Gasteiger partial charge in [0.05, 0.1) is 13.2 Å². The van der Waals surface area contributed by atoms with Crippen molar-refractivity contribution >= 4 is 5.69 Å². The average molecular weight is 311 g/mol. The molecule has 1 N–H and O–H groups in total. The first-order valence-corrected chi connectivity index (χ1v) is 8.39. The van der Waals surface area contributed by atoms with E-state index in [1.807, 2.05) is 6.07 Å². The molecule has 2 aromatic rings. The Labute approximate surface area is 138 Å². The summed E-state index contributed by atoms with van der Waals surface area (Å²) < 4.78 is 11.6. The molecule has 1 saturated carbocycles. The van der Waals surface area contributed by atoms with Gasteiger partial charge in [-0.05, 0) is 61.9 Å². The third-order valence-corrected chi connectivity index (χ3v) is 4.45. The van der Waals surface area contributed by atoms with Gasteiger partial charge in [-0.15, -0.1) is 0 Å². The zero-order valence-electron chi connectivity index (χ0n) is 14.0. The summed E-state index contributed by atoms with van der Waals surface area (Å²) in [5.41, 5.74) is 3.60. The molecule has 0 spiro atoms. The molecule has 122 valence electrons. The van der Waals surface area contributed by atoms with Crippen LogP contribution in [0.2, 0.25) is 0 Å². The van der Waals surface area contributed by atoms with Crippen LogP contribution in [0.5, 0.6) is 11.5 Å². The molecule has 3 rings (SSSR count). The normalized spacial score (nSPS) is 14.7. The summed E-state index contributed by atoms with van der Waals surface area (Å²) in [5, 5.41) is 3.48. The predicted octanol–water partition coefficient (Wildman–Crippen LogP) is 4.94. The van der Waals surface area contributed by atoms with E-state index >= 15 is 0 Å². The highest BCUT2D eigenvalue weighted by Crippen LogP contribution is 2.32. The van der Waals surface area contributed by atoms with Gasteiger partial charge in [0, 0.05) is 12.2 Å². The van der Waals surface area contributed by atoms with Crippen LogP contribution in [0.15, 0.2) is 42.5 Å². The minimum Gasteiger partial charge on any atom is -0.493 e. The van der Waals surface area contributed by atoms with Gasteiger partial charge in [-0.2, -0.15) is 0 Å². The Hall–Kier alpha value is -2.16. The number of nitrogens with one attached hydrogen (secondary N) is 1. The number of hydrogen-bond acceptors (Lipinski definition) is 3. The lowest BCUT2D eigenvalue weighted by Crippen LogP contribution is -2.11. The number of methoxy groups -OCH3 is 1. The molecule has 0 radical (unpaired) electrons. The largest absolute Gasteiger partial charge is 0.493 e. The van der Waals surface area contributed by atoms with Crippen LogP contribution in [0.3, 0.4) is 0 Å². The quantitative estimate of drug-likeness (QED) is 0.820. The Morgan fingerprint density at radius 3 is 2.57 bits per heavy atom. The van der Waals surface area contributed by atoms with E-state index in [-0.39, 0.29) is 0 Å². The molecule has 1 aliphatic carbocycles. The van der Waals surface area contributed by atoms with Crippen molar-refractivity contribution in [3.8, 4) is 11.5 Å². The Morgan fingerprint density at radius 1 is 1.04 bits per heavy atom. The predicted molar refractivity (Wildman–Crippen MR) is 94.4 cm³/mol. The molecule has 0 atom stereocenters. The van der Waals surface area contributed by atoms with Gasteiger partial charge in [-0.1, -0.05) is 24.3 Å². The van der Waals surface area contributed by atoms with Crippen LogP contribution in [0.4, 0.5) is 5.69 Å². The van der Waals surface area contributed by atoms with Gasteiger partial charge >= 0.3 is 0 Å². The molecule has 0 bridgehead atoms. The highest BCUT2D eigenvalue weighted by Gasteiger charge is 2.18. The van der Waals surface area contributed by atoms with Crippen LogP contribution in [0.1, 0.15) is 36.8 Å². The van der Waals surface area contributed by atoms with Crippen LogP contribution in [-0.4, -0.2) is 13.2 Å². The van der Waals surface area contributed by atoms with E-state index in [0.717, 1.165) is 36.6 Å². The van der Waals surface area contributed by atoms with Crippen LogP contribution >= 0.6 is 0 Å². The number of rotatable bonds is 6. The van der Waals surface area contributed by atoms with E-state index in [4.69, 9.17) is 9.47 Å². The van der Waals surface area contributed by atoms with Gasteiger partial charge in [-0.25, -0.2) is 0 Å². The summed E-state index contributed by atoms with van der Waals surface area (Å²) in [7, 11) is 1.70. The van der Waals surface area contributed by atoms with Crippen molar-refractivity contribution in [2.24, 2.45) is 0 Å². The average Bonchev–Trinajstić information content (AvgIpc) is 3.08. The first-order chi connectivity index (χ1) is 11.3. The summed E-state index contributed by atoms with van der Waals surface area (Å²) in [4.78, 5) is 0. The van der Waals surface area contributed by atoms with E-state index in [1.165, 1.54) is 24.0 Å². The Kier molecular flexibility index (Phi) is 5.06. The van der Waals surface area contributed by atoms with Crippen LogP contribution < -0.4 is 14.8 Å². The molecule has 0 amide bonds. The third-order valence-electron chi connectivity index (χ3n) is 4.45. The second kappa shape index (κ2) is 7.40. The smallest absolute Gasteiger partial charge is 0.161 e. The second-order valence-corrected chi connectivity index (χ2v) is 6.18. The maximum atomic E-state index is 6.09.